The second-order valence-electron chi connectivity index (χ2n) is 10.7. The first kappa shape index (κ1) is 30.8. The molecule has 12 nitrogen and oxygen atoms in total. The maximum Gasteiger partial charge on any atom is 0.332 e. The van der Waals surface area contributed by atoms with Gasteiger partial charge in [-0.1, -0.05) is 6.92 Å². The average Bonchev–Trinajstić information content (AvgIpc) is 3.48. The molecule has 1 aliphatic heterocycles. The van der Waals surface area contributed by atoms with Crippen LogP contribution < -0.4 is 16.1 Å². The van der Waals surface area contributed by atoms with Crippen molar-refractivity contribution in [2.45, 2.75) is 52.1 Å². The number of pyridine rings is 1. The lowest BCUT2D eigenvalue weighted by atomic mass is 10.1. The monoisotopic (exact) mass is 605 g/mol. The summed E-state index contributed by atoms with van der Waals surface area (Å²) >= 11 is 0. The van der Waals surface area contributed by atoms with E-state index in [1.807, 2.05) is 11.8 Å². The number of hydrogen-bond acceptors (Lipinski definition) is 7. The van der Waals surface area contributed by atoms with Gasteiger partial charge in [0, 0.05) is 57.0 Å². The molecular formula is C31H36FN7O5. The summed E-state index contributed by atoms with van der Waals surface area (Å²) in [5.41, 5.74) is 0.380. The molecule has 44 heavy (non-hydrogen) atoms. The van der Waals surface area contributed by atoms with Crippen LogP contribution in [0.3, 0.4) is 0 Å². The smallest absolute Gasteiger partial charge is 0.332 e. The minimum atomic E-state index is -0.452. The molecule has 0 atom stereocenters. The second kappa shape index (κ2) is 13.8. The van der Waals surface area contributed by atoms with E-state index in [2.05, 4.69) is 15.0 Å². The van der Waals surface area contributed by atoms with E-state index in [-0.39, 0.29) is 42.7 Å². The molecule has 232 valence electrons. The fourth-order valence-corrected chi connectivity index (χ4v) is 5.38. The summed E-state index contributed by atoms with van der Waals surface area (Å²) in [5.74, 6) is 0.0363. The number of imidazole rings is 1. The van der Waals surface area contributed by atoms with Crippen LogP contribution in [0, 0.1) is 5.82 Å². The van der Waals surface area contributed by atoms with Crippen LogP contribution in [0.25, 0.3) is 22.6 Å². The van der Waals surface area contributed by atoms with Gasteiger partial charge in [0.1, 0.15) is 23.0 Å². The third kappa shape index (κ3) is 6.47. The maximum atomic E-state index is 13.6. The fourth-order valence-electron chi connectivity index (χ4n) is 5.38. The van der Waals surface area contributed by atoms with E-state index in [0.29, 0.717) is 61.7 Å². The molecule has 3 aromatic heterocycles. The number of ether oxygens (including phenoxy) is 1. The first-order chi connectivity index (χ1) is 21.3. The van der Waals surface area contributed by atoms with Crippen molar-refractivity contribution in [2.24, 2.45) is 0 Å². The first-order valence-corrected chi connectivity index (χ1v) is 14.9. The first-order valence-electron chi connectivity index (χ1n) is 14.9. The number of benzene rings is 1. The molecule has 0 unspecified atom stereocenters. The number of piperidine rings is 1. The lowest BCUT2D eigenvalue weighted by molar-refractivity contribution is -0.133. The van der Waals surface area contributed by atoms with Crippen molar-refractivity contribution in [3.63, 3.8) is 0 Å². The Morgan fingerprint density at radius 2 is 1.84 bits per heavy atom. The second-order valence-corrected chi connectivity index (χ2v) is 10.7. The van der Waals surface area contributed by atoms with Crippen molar-refractivity contribution in [2.75, 3.05) is 38.3 Å². The number of likely N-dealkylation sites (tertiary alicyclic amines) is 1. The van der Waals surface area contributed by atoms with Crippen LogP contribution in [-0.4, -0.2) is 74.2 Å². The van der Waals surface area contributed by atoms with Crippen LogP contribution in [0.5, 0.6) is 0 Å². The number of aromatic amines is 1. The van der Waals surface area contributed by atoms with Crippen molar-refractivity contribution < 1.29 is 18.7 Å². The van der Waals surface area contributed by atoms with Crippen LogP contribution in [-0.2, 0) is 22.6 Å². The summed E-state index contributed by atoms with van der Waals surface area (Å²) < 4.78 is 21.3. The number of carbonyl (C=O) groups excluding carboxylic acids is 2. The molecule has 0 bridgehead atoms. The highest BCUT2D eigenvalue weighted by atomic mass is 19.1. The standard InChI is InChI=1S/C31H36FN7O5/c1-3-14-39-30(42)26-28(38(31(39)43)18-19-44-2)35-27(34-26)22-10-13-24(33-20-22)37(29(41)21-8-11-23(32)12-9-21)17-6-16-36-15-5-4-7-25(36)40/h8-13,20H,3-7,14-19H2,1-2H3,(H,34,35). The molecule has 1 N–H and O–H groups in total. The number of carbonyl (C=O) groups is 2. The number of rotatable bonds is 12. The summed E-state index contributed by atoms with van der Waals surface area (Å²) in [7, 11) is 1.53. The molecular weight excluding hydrogens is 569 g/mol. The number of H-pyrrole nitrogens is 1. The highest BCUT2D eigenvalue weighted by Crippen LogP contribution is 2.22. The van der Waals surface area contributed by atoms with Gasteiger partial charge in [-0.05, 0) is 62.1 Å². The zero-order valence-corrected chi connectivity index (χ0v) is 24.9. The van der Waals surface area contributed by atoms with Gasteiger partial charge in [-0.25, -0.2) is 19.2 Å². The summed E-state index contributed by atoms with van der Waals surface area (Å²) in [6.07, 6.45) is 5.08. The number of methoxy groups -OCH3 is 1. The molecule has 0 aliphatic carbocycles. The van der Waals surface area contributed by atoms with Crippen LogP contribution in [0.2, 0.25) is 0 Å². The van der Waals surface area contributed by atoms with Gasteiger partial charge >= 0.3 is 5.69 Å². The van der Waals surface area contributed by atoms with Crippen LogP contribution in [0.15, 0.2) is 52.2 Å². The molecule has 1 saturated heterocycles. The quantitative estimate of drug-likeness (QED) is 0.262. The molecule has 4 aromatic rings. The Morgan fingerprint density at radius 1 is 1.05 bits per heavy atom. The van der Waals surface area contributed by atoms with Crippen LogP contribution in [0.4, 0.5) is 10.2 Å². The van der Waals surface area contributed by atoms with E-state index in [1.165, 1.54) is 51.6 Å². The number of hydrogen-bond donors (Lipinski definition) is 1. The van der Waals surface area contributed by atoms with Gasteiger partial charge in [0.2, 0.25) is 5.91 Å². The van der Waals surface area contributed by atoms with E-state index in [9.17, 15) is 23.6 Å². The minimum absolute atomic E-state index is 0.120. The Morgan fingerprint density at radius 3 is 2.52 bits per heavy atom. The van der Waals surface area contributed by atoms with E-state index in [1.54, 1.807) is 12.1 Å². The summed E-state index contributed by atoms with van der Waals surface area (Å²) in [6.45, 7) is 4.16. The zero-order chi connectivity index (χ0) is 31.2. The highest BCUT2D eigenvalue weighted by Gasteiger charge is 2.23. The van der Waals surface area contributed by atoms with Crippen LogP contribution >= 0.6 is 0 Å². The van der Waals surface area contributed by atoms with Crippen molar-refractivity contribution in [1.82, 2.24) is 29.0 Å². The van der Waals surface area contributed by atoms with E-state index < -0.39 is 17.1 Å². The topological polar surface area (TPSA) is 135 Å². The molecule has 0 spiro atoms. The van der Waals surface area contributed by atoms with Gasteiger partial charge in [-0.2, -0.15) is 0 Å². The van der Waals surface area contributed by atoms with Crippen molar-refractivity contribution in [3.8, 4) is 11.4 Å². The normalized spacial score (nSPS) is 13.5. The number of aromatic nitrogens is 5. The SMILES string of the molecule is CCCn1c(=O)c2[nH]c(-c3ccc(N(CCCN4CCCCC4=O)C(=O)c4ccc(F)cc4)nc3)nc2n(CCOC)c1=O. The Balaban J connectivity index is 1.45. The average molecular weight is 606 g/mol. The molecule has 0 radical (unpaired) electrons. The Bertz CT molecular complexity index is 1740. The molecule has 13 heteroatoms. The number of amides is 2. The number of fused-ring (bicyclic) bond motifs is 1. The van der Waals surface area contributed by atoms with E-state index in [4.69, 9.17) is 4.74 Å². The minimum Gasteiger partial charge on any atom is -0.383 e. The fraction of sp³-hybridized carbons (Fsp3) is 0.419. The lowest BCUT2D eigenvalue weighted by Crippen LogP contribution is -2.40. The van der Waals surface area contributed by atoms with Gasteiger partial charge in [0.05, 0.1) is 13.2 Å². The number of anilines is 1. The molecule has 2 amide bonds. The summed E-state index contributed by atoms with van der Waals surface area (Å²) in [6, 6.07) is 8.71. The Kier molecular flexibility index (Phi) is 9.63. The van der Waals surface area contributed by atoms with Gasteiger partial charge in [-0.15, -0.1) is 0 Å². The van der Waals surface area contributed by atoms with Crippen molar-refractivity contribution in [1.29, 1.82) is 0 Å². The van der Waals surface area contributed by atoms with Gasteiger partial charge in [0.25, 0.3) is 11.5 Å². The van der Waals surface area contributed by atoms with Crippen LogP contribution in [0.1, 0.15) is 49.4 Å². The number of halogens is 1. The molecule has 0 saturated carbocycles. The maximum absolute atomic E-state index is 13.6. The lowest BCUT2D eigenvalue weighted by Gasteiger charge is -2.28. The predicted octanol–water partition coefficient (Wildman–Crippen LogP) is 3.19. The van der Waals surface area contributed by atoms with Gasteiger partial charge in [-0.3, -0.25) is 28.4 Å². The Labute approximate surface area is 253 Å². The molecule has 1 aromatic carbocycles. The third-order valence-corrected chi connectivity index (χ3v) is 7.69. The molecule has 1 fully saturated rings. The predicted molar refractivity (Wildman–Crippen MR) is 163 cm³/mol. The highest BCUT2D eigenvalue weighted by molar-refractivity contribution is 6.05. The number of nitrogens with zero attached hydrogens (tertiary/aromatic N) is 6. The molecule has 4 heterocycles. The van der Waals surface area contributed by atoms with Crippen molar-refractivity contribution >= 4 is 28.8 Å². The van der Waals surface area contributed by atoms with E-state index in [0.717, 1.165) is 12.8 Å². The summed E-state index contributed by atoms with van der Waals surface area (Å²) in [4.78, 5) is 67.6. The zero-order valence-electron chi connectivity index (χ0n) is 24.9. The molecule has 5 rings (SSSR count). The largest absolute Gasteiger partial charge is 0.383 e. The number of nitrogens with one attached hydrogen (secondary N) is 1. The van der Waals surface area contributed by atoms with Gasteiger partial charge < -0.3 is 14.6 Å². The Hall–Kier alpha value is -4.65. The van der Waals surface area contributed by atoms with E-state index >= 15 is 0 Å². The van der Waals surface area contributed by atoms with Gasteiger partial charge in [0.15, 0.2) is 5.65 Å². The third-order valence-electron chi connectivity index (χ3n) is 7.69. The van der Waals surface area contributed by atoms with Crippen molar-refractivity contribution in [3.05, 3.63) is 74.8 Å². The summed E-state index contributed by atoms with van der Waals surface area (Å²) in [5, 5.41) is 0. The molecule has 1 aliphatic rings.